The van der Waals surface area contributed by atoms with Gasteiger partial charge >= 0.3 is 0 Å². The van der Waals surface area contributed by atoms with Gasteiger partial charge in [-0.25, -0.2) is 0 Å². The van der Waals surface area contributed by atoms with Crippen LogP contribution in [0.1, 0.15) is 30.3 Å². The van der Waals surface area contributed by atoms with Gasteiger partial charge in [0, 0.05) is 25.3 Å². The van der Waals surface area contributed by atoms with Gasteiger partial charge in [0.15, 0.2) is 0 Å². The zero-order valence-electron chi connectivity index (χ0n) is 9.54. The summed E-state index contributed by atoms with van der Waals surface area (Å²) >= 11 is 0. The molecule has 2 atom stereocenters. The lowest BCUT2D eigenvalue weighted by Gasteiger charge is -2.03. The number of aromatic nitrogens is 1. The van der Waals surface area contributed by atoms with Gasteiger partial charge in [-0.15, -0.1) is 0 Å². The molecule has 15 heavy (non-hydrogen) atoms. The number of nitriles is 1. The van der Waals surface area contributed by atoms with Gasteiger partial charge in [0.25, 0.3) is 0 Å². The fraction of sp³-hybridized carbons (Fsp3) is 0.583. The average Bonchev–Trinajstić information content (AvgIpc) is 2.86. The van der Waals surface area contributed by atoms with Gasteiger partial charge in [-0.1, -0.05) is 6.92 Å². The maximum Gasteiger partial charge on any atom is 0.120 e. The number of hydrogen-bond acceptors (Lipinski definition) is 2. The van der Waals surface area contributed by atoms with Crippen LogP contribution < -0.4 is 5.32 Å². The van der Waals surface area contributed by atoms with E-state index in [1.165, 1.54) is 17.7 Å². The van der Waals surface area contributed by atoms with Crippen molar-refractivity contribution in [2.45, 2.75) is 32.9 Å². The summed E-state index contributed by atoms with van der Waals surface area (Å²) in [7, 11) is 1.94. The SMILES string of the molecule is Cc1c(CNC2CC2C)cc(C#N)n1C. The number of hydrogen-bond donors (Lipinski definition) is 1. The second kappa shape index (κ2) is 3.71. The zero-order valence-corrected chi connectivity index (χ0v) is 9.54. The molecule has 1 aliphatic carbocycles. The Kier molecular flexibility index (Phi) is 2.54. The van der Waals surface area contributed by atoms with Crippen LogP contribution in [0.15, 0.2) is 6.07 Å². The van der Waals surface area contributed by atoms with Gasteiger partial charge in [0.05, 0.1) is 0 Å². The van der Waals surface area contributed by atoms with Crippen molar-refractivity contribution in [3.63, 3.8) is 0 Å². The van der Waals surface area contributed by atoms with Crippen LogP contribution in [0.3, 0.4) is 0 Å². The van der Waals surface area contributed by atoms with Gasteiger partial charge in [-0.05, 0) is 30.9 Å². The average molecular weight is 203 g/mol. The van der Waals surface area contributed by atoms with Crippen LogP contribution in [0.2, 0.25) is 0 Å². The minimum atomic E-state index is 0.690. The highest BCUT2D eigenvalue weighted by Crippen LogP contribution is 2.29. The normalized spacial score (nSPS) is 23.9. The maximum atomic E-state index is 8.90. The van der Waals surface area contributed by atoms with E-state index in [4.69, 9.17) is 5.26 Å². The molecular weight excluding hydrogens is 186 g/mol. The van der Waals surface area contributed by atoms with Crippen molar-refractivity contribution in [1.29, 1.82) is 5.26 Å². The van der Waals surface area contributed by atoms with Gasteiger partial charge in [-0.2, -0.15) is 5.26 Å². The highest BCUT2D eigenvalue weighted by atomic mass is 15.0. The van der Waals surface area contributed by atoms with Gasteiger partial charge in [0.1, 0.15) is 11.8 Å². The van der Waals surface area contributed by atoms with E-state index in [1.54, 1.807) is 0 Å². The summed E-state index contributed by atoms with van der Waals surface area (Å²) in [5.74, 6) is 0.824. The third-order valence-electron chi connectivity index (χ3n) is 3.42. The summed E-state index contributed by atoms with van der Waals surface area (Å²) in [6, 6.07) is 4.88. The van der Waals surface area contributed by atoms with Gasteiger partial charge < -0.3 is 9.88 Å². The molecule has 2 unspecified atom stereocenters. The van der Waals surface area contributed by atoms with E-state index in [-0.39, 0.29) is 0 Å². The van der Waals surface area contributed by atoms with Crippen LogP contribution in [-0.4, -0.2) is 10.6 Å². The smallest absolute Gasteiger partial charge is 0.120 e. The largest absolute Gasteiger partial charge is 0.340 e. The lowest BCUT2D eigenvalue weighted by molar-refractivity contribution is 0.648. The molecule has 1 saturated carbocycles. The van der Waals surface area contributed by atoms with Crippen LogP contribution in [-0.2, 0) is 13.6 Å². The van der Waals surface area contributed by atoms with Crippen LogP contribution in [0.5, 0.6) is 0 Å². The highest BCUT2D eigenvalue weighted by molar-refractivity contribution is 5.34. The quantitative estimate of drug-likeness (QED) is 0.812. The fourth-order valence-corrected chi connectivity index (χ4v) is 1.90. The Morgan fingerprint density at radius 3 is 2.80 bits per heavy atom. The molecule has 1 aromatic rings. The predicted octanol–water partition coefficient (Wildman–Crippen LogP) is 1.70. The summed E-state index contributed by atoms with van der Waals surface area (Å²) in [4.78, 5) is 0. The summed E-state index contributed by atoms with van der Waals surface area (Å²) in [6.07, 6.45) is 1.29. The fourth-order valence-electron chi connectivity index (χ4n) is 1.90. The molecule has 3 heteroatoms. The van der Waals surface area contributed by atoms with Gasteiger partial charge in [-0.3, -0.25) is 0 Å². The van der Waals surface area contributed by atoms with E-state index in [1.807, 2.05) is 17.7 Å². The molecule has 1 N–H and O–H groups in total. The Morgan fingerprint density at radius 1 is 1.67 bits per heavy atom. The van der Waals surface area contributed by atoms with Crippen LogP contribution in [0, 0.1) is 24.2 Å². The molecule has 0 bridgehead atoms. The standard InChI is InChI=1S/C12H17N3/c1-8-4-12(8)14-7-10-5-11(6-13)15(3)9(10)2/h5,8,12,14H,4,7H2,1-3H3. The molecule has 0 radical (unpaired) electrons. The monoisotopic (exact) mass is 203 g/mol. The number of nitrogens with one attached hydrogen (secondary N) is 1. The highest BCUT2D eigenvalue weighted by Gasteiger charge is 2.31. The van der Waals surface area contributed by atoms with Crippen molar-refractivity contribution in [2.24, 2.45) is 13.0 Å². The summed E-state index contributed by atoms with van der Waals surface area (Å²) in [5, 5.41) is 12.4. The first-order valence-corrected chi connectivity index (χ1v) is 5.42. The molecule has 2 rings (SSSR count). The van der Waals surface area contributed by atoms with Crippen LogP contribution in [0.25, 0.3) is 0 Å². The third-order valence-corrected chi connectivity index (χ3v) is 3.42. The molecule has 0 aliphatic heterocycles. The lowest BCUT2D eigenvalue weighted by atomic mass is 10.2. The Hall–Kier alpha value is -1.27. The molecule has 3 nitrogen and oxygen atoms in total. The van der Waals surface area contributed by atoms with E-state index >= 15 is 0 Å². The van der Waals surface area contributed by atoms with Gasteiger partial charge in [0.2, 0.25) is 0 Å². The zero-order chi connectivity index (χ0) is 11.0. The maximum absolute atomic E-state index is 8.90. The van der Waals surface area contributed by atoms with E-state index in [2.05, 4.69) is 25.2 Å². The molecule has 1 heterocycles. The second-order valence-electron chi connectivity index (χ2n) is 4.51. The van der Waals surface area contributed by atoms with E-state index in [9.17, 15) is 0 Å². The molecule has 0 spiro atoms. The summed E-state index contributed by atoms with van der Waals surface area (Å²) in [6.45, 7) is 5.21. The molecular formula is C12H17N3. The predicted molar refractivity (Wildman–Crippen MR) is 59.3 cm³/mol. The van der Waals surface area contributed by atoms with Crippen LogP contribution in [0.4, 0.5) is 0 Å². The Labute approximate surface area is 90.7 Å². The Balaban J connectivity index is 2.05. The molecule has 0 saturated heterocycles. The summed E-state index contributed by atoms with van der Waals surface area (Å²) in [5.41, 5.74) is 3.17. The second-order valence-corrected chi connectivity index (χ2v) is 4.51. The van der Waals surface area contributed by atoms with Crippen molar-refractivity contribution in [2.75, 3.05) is 0 Å². The molecule has 1 aliphatic rings. The van der Waals surface area contributed by atoms with Crippen molar-refractivity contribution in [3.8, 4) is 6.07 Å². The Morgan fingerprint density at radius 2 is 2.33 bits per heavy atom. The van der Waals surface area contributed by atoms with Crippen molar-refractivity contribution < 1.29 is 0 Å². The summed E-state index contributed by atoms with van der Waals surface area (Å²) < 4.78 is 1.95. The molecule has 0 amide bonds. The minimum Gasteiger partial charge on any atom is -0.340 e. The molecule has 1 aromatic heterocycles. The van der Waals surface area contributed by atoms with Crippen LogP contribution >= 0.6 is 0 Å². The molecule has 0 aromatic carbocycles. The minimum absolute atomic E-state index is 0.690. The first kappa shape index (κ1) is 10.3. The Bertz CT molecular complexity index is 411. The van der Waals surface area contributed by atoms with Crippen molar-refractivity contribution in [3.05, 3.63) is 23.0 Å². The first-order chi connectivity index (χ1) is 7.13. The third kappa shape index (κ3) is 1.91. The molecule has 80 valence electrons. The topological polar surface area (TPSA) is 40.8 Å². The van der Waals surface area contributed by atoms with Crippen molar-refractivity contribution >= 4 is 0 Å². The van der Waals surface area contributed by atoms with E-state index in [0.717, 1.165) is 18.2 Å². The number of rotatable bonds is 3. The number of nitrogens with zero attached hydrogens (tertiary/aromatic N) is 2. The van der Waals surface area contributed by atoms with Crippen molar-refractivity contribution in [1.82, 2.24) is 9.88 Å². The van der Waals surface area contributed by atoms with E-state index < -0.39 is 0 Å². The van der Waals surface area contributed by atoms with E-state index in [0.29, 0.717) is 6.04 Å². The lowest BCUT2D eigenvalue weighted by Crippen LogP contribution is -2.17. The first-order valence-electron chi connectivity index (χ1n) is 5.42. The molecule has 1 fully saturated rings.